The Balaban J connectivity index is 2.19. The van der Waals surface area contributed by atoms with E-state index in [0.717, 1.165) is 32.4 Å². The summed E-state index contributed by atoms with van der Waals surface area (Å²) < 4.78 is 13.3. The standard InChI is InChI=1S/C14H21ClFN3/c1-19-7-2-5-14(10-17,6-8-19)18-13-9-11(16)3-4-12(13)15/h3-4,9,18H,2,5-8,10,17H2,1H3. The molecule has 3 N–H and O–H groups in total. The number of nitrogens with two attached hydrogens (primary N) is 1. The van der Waals surface area contributed by atoms with E-state index in [1.807, 2.05) is 0 Å². The van der Waals surface area contributed by atoms with Crippen molar-refractivity contribution in [3.05, 3.63) is 29.0 Å². The molecule has 19 heavy (non-hydrogen) atoms. The predicted molar refractivity (Wildman–Crippen MR) is 78.2 cm³/mol. The SMILES string of the molecule is CN1CCCC(CN)(Nc2cc(F)ccc2Cl)CC1. The fraction of sp³-hybridized carbons (Fsp3) is 0.571. The molecule has 0 bridgehead atoms. The molecule has 0 radical (unpaired) electrons. The van der Waals surface area contributed by atoms with Crippen LogP contribution >= 0.6 is 11.6 Å². The molecule has 1 unspecified atom stereocenters. The Morgan fingerprint density at radius 2 is 2.21 bits per heavy atom. The monoisotopic (exact) mass is 285 g/mol. The van der Waals surface area contributed by atoms with Crippen LogP contribution in [-0.4, -0.2) is 37.1 Å². The molecule has 0 amide bonds. The number of halogens is 2. The van der Waals surface area contributed by atoms with Gasteiger partial charge in [0.15, 0.2) is 0 Å². The van der Waals surface area contributed by atoms with Crippen molar-refractivity contribution < 1.29 is 4.39 Å². The molecule has 0 saturated carbocycles. The molecule has 1 aliphatic heterocycles. The first-order valence-electron chi connectivity index (χ1n) is 6.66. The summed E-state index contributed by atoms with van der Waals surface area (Å²) in [6.07, 6.45) is 2.99. The number of anilines is 1. The van der Waals surface area contributed by atoms with Gasteiger partial charge in [0, 0.05) is 13.1 Å². The van der Waals surface area contributed by atoms with Crippen LogP contribution in [-0.2, 0) is 0 Å². The van der Waals surface area contributed by atoms with Crippen LogP contribution in [0.4, 0.5) is 10.1 Å². The molecule has 0 aromatic heterocycles. The second kappa shape index (κ2) is 6.07. The van der Waals surface area contributed by atoms with Crippen molar-refractivity contribution in [1.82, 2.24) is 4.90 Å². The summed E-state index contributed by atoms with van der Waals surface area (Å²) in [5.41, 5.74) is 6.41. The maximum Gasteiger partial charge on any atom is 0.125 e. The summed E-state index contributed by atoms with van der Waals surface area (Å²) >= 11 is 6.12. The normalized spacial score (nSPS) is 25.1. The van der Waals surface area contributed by atoms with Crippen molar-refractivity contribution in [2.75, 3.05) is 32.0 Å². The Bertz CT molecular complexity index is 441. The topological polar surface area (TPSA) is 41.3 Å². The molecule has 1 aliphatic rings. The molecule has 1 atom stereocenters. The first-order chi connectivity index (χ1) is 9.04. The molecule has 1 saturated heterocycles. The highest BCUT2D eigenvalue weighted by Crippen LogP contribution is 2.30. The highest BCUT2D eigenvalue weighted by molar-refractivity contribution is 6.33. The van der Waals surface area contributed by atoms with Crippen LogP contribution in [0.5, 0.6) is 0 Å². The van der Waals surface area contributed by atoms with Crippen LogP contribution in [0.1, 0.15) is 19.3 Å². The van der Waals surface area contributed by atoms with Crippen LogP contribution in [0, 0.1) is 5.82 Å². The molecular formula is C14H21ClFN3. The Morgan fingerprint density at radius 1 is 1.42 bits per heavy atom. The third kappa shape index (κ3) is 3.59. The Kier molecular flexibility index (Phi) is 4.66. The predicted octanol–water partition coefficient (Wildman–Crippen LogP) is 2.70. The summed E-state index contributed by atoms with van der Waals surface area (Å²) in [4.78, 5) is 2.30. The zero-order valence-corrected chi connectivity index (χ0v) is 12.0. The van der Waals surface area contributed by atoms with Gasteiger partial charge in [-0.15, -0.1) is 0 Å². The van der Waals surface area contributed by atoms with Crippen molar-refractivity contribution in [1.29, 1.82) is 0 Å². The summed E-state index contributed by atoms with van der Waals surface area (Å²) in [6, 6.07) is 4.38. The van der Waals surface area contributed by atoms with Crippen molar-refractivity contribution in [3.8, 4) is 0 Å². The minimum Gasteiger partial charge on any atom is -0.377 e. The number of hydrogen-bond acceptors (Lipinski definition) is 3. The van der Waals surface area contributed by atoms with Gasteiger partial charge in [-0.25, -0.2) is 4.39 Å². The number of benzene rings is 1. The Hall–Kier alpha value is -0.840. The smallest absolute Gasteiger partial charge is 0.125 e. The van der Waals surface area contributed by atoms with Crippen molar-refractivity contribution in [3.63, 3.8) is 0 Å². The van der Waals surface area contributed by atoms with Crippen molar-refractivity contribution in [2.45, 2.75) is 24.8 Å². The second-order valence-electron chi connectivity index (χ2n) is 5.39. The number of nitrogens with zero attached hydrogens (tertiary/aromatic N) is 1. The van der Waals surface area contributed by atoms with Crippen molar-refractivity contribution >= 4 is 17.3 Å². The number of hydrogen-bond donors (Lipinski definition) is 2. The van der Waals surface area contributed by atoms with Crippen LogP contribution in [0.2, 0.25) is 5.02 Å². The van der Waals surface area contributed by atoms with E-state index in [2.05, 4.69) is 17.3 Å². The maximum atomic E-state index is 13.3. The lowest BCUT2D eigenvalue weighted by Crippen LogP contribution is -2.46. The minimum atomic E-state index is -0.287. The van der Waals surface area contributed by atoms with Gasteiger partial charge in [0.2, 0.25) is 0 Å². The lowest BCUT2D eigenvalue weighted by molar-refractivity contribution is 0.337. The third-order valence-electron chi connectivity index (χ3n) is 3.89. The van der Waals surface area contributed by atoms with Crippen LogP contribution in [0.25, 0.3) is 0 Å². The average Bonchev–Trinajstić information content (AvgIpc) is 2.57. The van der Waals surface area contributed by atoms with E-state index in [9.17, 15) is 4.39 Å². The largest absolute Gasteiger partial charge is 0.377 e. The van der Waals surface area contributed by atoms with Crippen LogP contribution in [0.15, 0.2) is 18.2 Å². The lowest BCUT2D eigenvalue weighted by atomic mass is 9.90. The van der Waals surface area contributed by atoms with E-state index in [1.165, 1.54) is 12.1 Å². The second-order valence-corrected chi connectivity index (χ2v) is 5.80. The first kappa shape index (κ1) is 14.6. The lowest BCUT2D eigenvalue weighted by Gasteiger charge is -2.34. The van der Waals surface area contributed by atoms with E-state index in [1.54, 1.807) is 6.07 Å². The molecule has 3 nitrogen and oxygen atoms in total. The molecule has 0 spiro atoms. The fourth-order valence-corrected chi connectivity index (χ4v) is 2.75. The summed E-state index contributed by atoms with van der Waals surface area (Å²) in [5, 5.41) is 3.92. The average molecular weight is 286 g/mol. The molecule has 1 heterocycles. The summed E-state index contributed by atoms with van der Waals surface area (Å²) in [6.45, 7) is 2.57. The van der Waals surface area contributed by atoms with Gasteiger partial charge in [0.1, 0.15) is 5.82 Å². The van der Waals surface area contributed by atoms with Gasteiger partial charge in [0.05, 0.1) is 16.2 Å². The van der Waals surface area contributed by atoms with Gasteiger partial charge >= 0.3 is 0 Å². The Labute approximate surface area is 118 Å². The molecule has 1 aromatic rings. The molecule has 5 heteroatoms. The van der Waals surface area contributed by atoms with Crippen molar-refractivity contribution in [2.24, 2.45) is 5.73 Å². The zero-order valence-electron chi connectivity index (χ0n) is 11.3. The highest BCUT2D eigenvalue weighted by atomic mass is 35.5. The van der Waals surface area contributed by atoms with E-state index in [-0.39, 0.29) is 11.4 Å². The van der Waals surface area contributed by atoms with Crippen LogP contribution < -0.4 is 11.1 Å². The van der Waals surface area contributed by atoms with E-state index in [0.29, 0.717) is 17.3 Å². The third-order valence-corrected chi connectivity index (χ3v) is 4.22. The van der Waals surface area contributed by atoms with Gasteiger partial charge in [-0.3, -0.25) is 0 Å². The van der Waals surface area contributed by atoms with Gasteiger partial charge < -0.3 is 16.0 Å². The fourth-order valence-electron chi connectivity index (χ4n) is 2.59. The quantitative estimate of drug-likeness (QED) is 0.897. The summed E-state index contributed by atoms with van der Waals surface area (Å²) in [7, 11) is 2.11. The zero-order chi connectivity index (χ0) is 13.9. The maximum absolute atomic E-state index is 13.3. The van der Waals surface area contributed by atoms with Gasteiger partial charge in [-0.2, -0.15) is 0 Å². The van der Waals surface area contributed by atoms with Gasteiger partial charge in [-0.05, 0) is 51.1 Å². The van der Waals surface area contributed by atoms with Crippen LogP contribution in [0.3, 0.4) is 0 Å². The molecule has 0 aliphatic carbocycles. The van der Waals surface area contributed by atoms with E-state index >= 15 is 0 Å². The van der Waals surface area contributed by atoms with E-state index in [4.69, 9.17) is 17.3 Å². The minimum absolute atomic E-state index is 0.192. The number of nitrogens with one attached hydrogen (secondary N) is 1. The van der Waals surface area contributed by atoms with Gasteiger partial charge in [-0.1, -0.05) is 11.6 Å². The Morgan fingerprint density at radius 3 is 2.95 bits per heavy atom. The molecular weight excluding hydrogens is 265 g/mol. The first-order valence-corrected chi connectivity index (χ1v) is 7.04. The highest BCUT2D eigenvalue weighted by Gasteiger charge is 2.31. The molecule has 106 valence electrons. The molecule has 1 aromatic carbocycles. The summed E-state index contributed by atoms with van der Waals surface area (Å²) in [5.74, 6) is -0.287. The van der Waals surface area contributed by atoms with Gasteiger partial charge in [0.25, 0.3) is 0 Å². The number of rotatable bonds is 3. The number of likely N-dealkylation sites (tertiary alicyclic amines) is 1. The van der Waals surface area contributed by atoms with E-state index < -0.39 is 0 Å². The molecule has 1 fully saturated rings. The molecule has 2 rings (SSSR count).